The van der Waals surface area contributed by atoms with Crippen molar-refractivity contribution in [3.8, 4) is 17.6 Å². The van der Waals surface area contributed by atoms with Gasteiger partial charge in [0.25, 0.3) is 0 Å². The predicted octanol–water partition coefficient (Wildman–Crippen LogP) is 3.85. The van der Waals surface area contributed by atoms with Crippen LogP contribution in [0.25, 0.3) is 10.8 Å². The van der Waals surface area contributed by atoms with E-state index in [4.69, 9.17) is 9.47 Å². The molecular weight excluding hydrogens is 288 g/mol. The minimum absolute atomic E-state index is 0.146. The molecule has 1 aliphatic heterocycles. The zero-order valence-corrected chi connectivity index (χ0v) is 13.3. The van der Waals surface area contributed by atoms with Crippen LogP contribution in [-0.4, -0.2) is 25.6 Å². The summed E-state index contributed by atoms with van der Waals surface area (Å²) in [5.41, 5.74) is 0.713. The van der Waals surface area contributed by atoms with Gasteiger partial charge in [-0.1, -0.05) is 43.2 Å². The molecule has 0 aromatic heterocycles. The summed E-state index contributed by atoms with van der Waals surface area (Å²) in [6, 6.07) is 11.8. The quantitative estimate of drug-likeness (QED) is 0.636. The zero-order chi connectivity index (χ0) is 16.1. The number of fused-ring (bicyclic) bond motifs is 3. The molecule has 0 spiro atoms. The monoisotopic (exact) mass is 308 g/mol. The van der Waals surface area contributed by atoms with Crippen molar-refractivity contribution in [2.24, 2.45) is 5.92 Å². The van der Waals surface area contributed by atoms with Crippen molar-refractivity contribution in [2.75, 3.05) is 19.8 Å². The van der Waals surface area contributed by atoms with E-state index in [1.165, 1.54) is 0 Å². The van der Waals surface area contributed by atoms with Gasteiger partial charge in [0.2, 0.25) is 0 Å². The number of ketones is 1. The largest absolute Gasteiger partial charge is 0.492 e. The number of rotatable bonds is 4. The lowest BCUT2D eigenvalue weighted by molar-refractivity contribution is 0.0755. The average Bonchev–Trinajstić information content (AvgIpc) is 2.59. The highest BCUT2D eigenvalue weighted by molar-refractivity contribution is 6.12. The lowest BCUT2D eigenvalue weighted by Crippen LogP contribution is -2.29. The van der Waals surface area contributed by atoms with Crippen molar-refractivity contribution >= 4 is 16.6 Å². The molecule has 118 valence electrons. The van der Waals surface area contributed by atoms with E-state index in [9.17, 15) is 4.79 Å². The van der Waals surface area contributed by atoms with Gasteiger partial charge in [-0.25, -0.2) is 0 Å². The molecule has 1 atom stereocenters. The molecule has 23 heavy (non-hydrogen) atoms. The van der Waals surface area contributed by atoms with Gasteiger partial charge >= 0.3 is 0 Å². The molecule has 0 N–H and O–H groups in total. The molecule has 0 radical (unpaired) electrons. The van der Waals surface area contributed by atoms with Crippen molar-refractivity contribution < 1.29 is 14.3 Å². The van der Waals surface area contributed by atoms with Crippen LogP contribution in [0.5, 0.6) is 5.75 Å². The van der Waals surface area contributed by atoms with Gasteiger partial charge in [0.1, 0.15) is 12.4 Å². The van der Waals surface area contributed by atoms with E-state index in [2.05, 4.69) is 11.8 Å². The topological polar surface area (TPSA) is 35.5 Å². The minimum Gasteiger partial charge on any atom is -0.492 e. The van der Waals surface area contributed by atoms with E-state index in [1.807, 2.05) is 43.3 Å². The van der Waals surface area contributed by atoms with Gasteiger partial charge in [0.15, 0.2) is 5.78 Å². The number of carbonyl (C=O) groups excluding carboxylic acids is 1. The first kappa shape index (κ1) is 15.6. The van der Waals surface area contributed by atoms with Crippen LogP contribution in [0.3, 0.4) is 0 Å². The Kier molecular flexibility index (Phi) is 4.95. The van der Waals surface area contributed by atoms with Crippen LogP contribution in [0.1, 0.15) is 30.1 Å². The maximum absolute atomic E-state index is 12.8. The van der Waals surface area contributed by atoms with E-state index in [0.29, 0.717) is 37.6 Å². The first-order chi connectivity index (χ1) is 11.3. The summed E-state index contributed by atoms with van der Waals surface area (Å²) in [7, 11) is 0. The van der Waals surface area contributed by atoms with Crippen LogP contribution < -0.4 is 4.74 Å². The molecule has 0 fully saturated rings. The number of hydrogen-bond donors (Lipinski definition) is 0. The molecule has 3 rings (SSSR count). The van der Waals surface area contributed by atoms with Crippen LogP contribution in [0.15, 0.2) is 36.4 Å². The molecule has 0 saturated carbocycles. The zero-order valence-electron chi connectivity index (χ0n) is 13.3. The molecule has 1 heterocycles. The number of hydrogen-bond acceptors (Lipinski definition) is 3. The molecule has 0 saturated heterocycles. The molecule has 3 nitrogen and oxygen atoms in total. The van der Waals surface area contributed by atoms with Crippen molar-refractivity contribution in [3.05, 3.63) is 42.0 Å². The van der Waals surface area contributed by atoms with E-state index in [0.717, 1.165) is 17.2 Å². The molecular formula is C20H20O3. The highest BCUT2D eigenvalue weighted by atomic mass is 16.5. The minimum atomic E-state index is -0.146. The average molecular weight is 308 g/mol. The molecule has 2 aromatic carbocycles. The Balaban J connectivity index is 1.71. The highest BCUT2D eigenvalue weighted by Gasteiger charge is 2.30. The van der Waals surface area contributed by atoms with E-state index >= 15 is 0 Å². The first-order valence-electron chi connectivity index (χ1n) is 8.03. The molecule has 3 heteroatoms. The second kappa shape index (κ2) is 7.30. The van der Waals surface area contributed by atoms with E-state index in [1.54, 1.807) is 0 Å². The fraction of sp³-hybridized carbons (Fsp3) is 0.350. The van der Waals surface area contributed by atoms with Crippen LogP contribution in [0, 0.1) is 17.8 Å². The summed E-state index contributed by atoms with van der Waals surface area (Å²) < 4.78 is 11.3. The predicted molar refractivity (Wildman–Crippen MR) is 90.8 cm³/mol. The van der Waals surface area contributed by atoms with Gasteiger partial charge in [-0.15, -0.1) is 5.92 Å². The molecule has 1 unspecified atom stereocenters. The Morgan fingerprint density at radius 1 is 1.22 bits per heavy atom. The third-order valence-corrected chi connectivity index (χ3v) is 4.03. The highest BCUT2D eigenvalue weighted by Crippen LogP contribution is 2.34. The lowest BCUT2D eigenvalue weighted by atomic mass is 9.89. The normalized spacial score (nSPS) is 16.4. The number of ether oxygens (including phenoxy) is 2. The van der Waals surface area contributed by atoms with Crippen molar-refractivity contribution in [3.63, 3.8) is 0 Å². The van der Waals surface area contributed by atoms with Gasteiger partial charge < -0.3 is 9.47 Å². The molecule has 0 bridgehead atoms. The van der Waals surface area contributed by atoms with Gasteiger partial charge in [-0.05, 0) is 23.3 Å². The van der Waals surface area contributed by atoms with Gasteiger partial charge in [-0.2, -0.15) is 0 Å². The third-order valence-electron chi connectivity index (χ3n) is 4.03. The molecule has 0 amide bonds. The van der Waals surface area contributed by atoms with Crippen molar-refractivity contribution in [1.82, 2.24) is 0 Å². The summed E-state index contributed by atoms with van der Waals surface area (Å²) in [6.45, 7) is 3.38. The van der Waals surface area contributed by atoms with Crippen LogP contribution >= 0.6 is 0 Å². The smallest absolute Gasteiger partial charge is 0.173 e. The Morgan fingerprint density at radius 3 is 2.96 bits per heavy atom. The Labute approximate surface area is 136 Å². The van der Waals surface area contributed by atoms with Crippen molar-refractivity contribution in [1.29, 1.82) is 0 Å². The van der Waals surface area contributed by atoms with E-state index in [-0.39, 0.29) is 11.7 Å². The summed E-state index contributed by atoms with van der Waals surface area (Å²) in [4.78, 5) is 12.8. The first-order valence-corrected chi connectivity index (χ1v) is 8.03. The maximum atomic E-state index is 12.8. The Hall–Kier alpha value is -2.31. The van der Waals surface area contributed by atoms with Gasteiger partial charge in [0, 0.05) is 13.0 Å². The van der Waals surface area contributed by atoms with E-state index < -0.39 is 0 Å². The van der Waals surface area contributed by atoms with Crippen LogP contribution in [-0.2, 0) is 4.74 Å². The molecule has 0 aliphatic carbocycles. The fourth-order valence-corrected chi connectivity index (χ4v) is 2.84. The number of carbonyl (C=O) groups is 1. The number of Topliss-reactive ketones (excluding diaryl/α,β-unsaturated/α-hetero) is 1. The maximum Gasteiger partial charge on any atom is 0.173 e. The summed E-state index contributed by atoms with van der Waals surface area (Å²) in [5.74, 6) is 6.60. The second-order valence-electron chi connectivity index (χ2n) is 5.58. The van der Waals surface area contributed by atoms with Crippen LogP contribution in [0.4, 0.5) is 0 Å². The molecule has 2 aromatic rings. The summed E-state index contributed by atoms with van der Waals surface area (Å²) >= 11 is 0. The second-order valence-corrected chi connectivity index (χ2v) is 5.58. The lowest BCUT2D eigenvalue weighted by Gasteiger charge is -2.25. The fourth-order valence-electron chi connectivity index (χ4n) is 2.84. The number of benzene rings is 2. The Morgan fingerprint density at radius 2 is 2.09 bits per heavy atom. The van der Waals surface area contributed by atoms with Crippen LogP contribution in [0.2, 0.25) is 0 Å². The summed E-state index contributed by atoms with van der Waals surface area (Å²) in [6.07, 6.45) is 1.50. The van der Waals surface area contributed by atoms with Gasteiger partial charge in [-0.3, -0.25) is 4.79 Å². The summed E-state index contributed by atoms with van der Waals surface area (Å²) in [5, 5.41) is 2.03. The SMILES string of the molecule is CCC#CCOCCC1COc2ccc3ccccc3c2C1=O. The molecule has 1 aliphatic rings. The standard InChI is InChI=1S/C20H20O3/c1-2-3-6-12-22-13-11-16-14-23-18-10-9-15-7-4-5-8-17(15)19(18)20(16)21/h4-5,7-10,16H,2,11-14H2,1H3. The Bertz CT molecular complexity index is 767. The van der Waals surface area contributed by atoms with Gasteiger partial charge in [0.05, 0.1) is 18.1 Å². The third kappa shape index (κ3) is 3.38. The van der Waals surface area contributed by atoms with Crippen molar-refractivity contribution in [2.45, 2.75) is 19.8 Å².